The second-order valence-corrected chi connectivity index (χ2v) is 2.17. The van der Waals surface area contributed by atoms with Gasteiger partial charge in [-0.1, -0.05) is 6.08 Å². The second kappa shape index (κ2) is 4.99. The summed E-state index contributed by atoms with van der Waals surface area (Å²) in [5.41, 5.74) is 0. The lowest BCUT2D eigenvalue weighted by Crippen LogP contribution is -2.14. The average molecular weight is 140 g/mol. The van der Waals surface area contributed by atoms with Crippen LogP contribution in [0.5, 0.6) is 0 Å². The van der Waals surface area contributed by atoms with Crippen LogP contribution < -0.4 is 5.32 Å². The van der Waals surface area contributed by atoms with E-state index in [-0.39, 0.29) is 5.91 Å². The predicted molar refractivity (Wildman–Crippen MR) is 40.1 cm³/mol. The molecular weight excluding hydrogens is 128 g/mol. The van der Waals surface area contributed by atoms with E-state index in [1.807, 2.05) is 24.3 Å². The van der Waals surface area contributed by atoms with Crippen molar-refractivity contribution in [2.75, 3.05) is 20.6 Å². The lowest BCUT2D eigenvalue weighted by atomic mass is 10.4. The molecular formula is C7H12N2O. The molecule has 56 valence electrons. The highest BCUT2D eigenvalue weighted by Crippen LogP contribution is 1.77. The Labute approximate surface area is 61.7 Å². The van der Waals surface area contributed by atoms with Gasteiger partial charge in [-0.2, -0.15) is 0 Å². The Morgan fingerprint density at radius 3 is 2.70 bits per heavy atom. The Kier molecular flexibility index (Phi) is 4.58. The van der Waals surface area contributed by atoms with Crippen molar-refractivity contribution in [1.29, 1.82) is 0 Å². The Balaban J connectivity index is 3.46. The van der Waals surface area contributed by atoms with Crippen molar-refractivity contribution < 1.29 is 4.79 Å². The Morgan fingerprint density at radius 2 is 2.30 bits per heavy atom. The van der Waals surface area contributed by atoms with Gasteiger partial charge in [0.2, 0.25) is 5.91 Å². The first kappa shape index (κ1) is 9.17. The van der Waals surface area contributed by atoms with E-state index in [2.05, 4.69) is 0 Å². The third-order valence-corrected chi connectivity index (χ3v) is 0.882. The minimum Gasteiger partial charge on any atom is -0.346 e. The highest BCUT2D eigenvalue weighted by Gasteiger charge is 1.87. The summed E-state index contributed by atoms with van der Waals surface area (Å²) < 4.78 is 0. The van der Waals surface area contributed by atoms with Crippen LogP contribution in [-0.4, -0.2) is 31.4 Å². The number of likely N-dealkylation sites (N-methyl/N-ethyl adjacent to an activating group) is 1. The topological polar surface area (TPSA) is 32.3 Å². The maximum Gasteiger partial charge on any atom is 0.244 e. The molecule has 0 unspecified atom stereocenters. The lowest BCUT2D eigenvalue weighted by molar-refractivity contribution is -0.115. The first-order valence-corrected chi connectivity index (χ1v) is 2.98. The Bertz CT molecular complexity index is 130. The van der Waals surface area contributed by atoms with Crippen molar-refractivity contribution in [1.82, 2.24) is 10.2 Å². The molecule has 2 radical (unpaired) electrons. The monoisotopic (exact) mass is 140 g/mol. The normalized spacial score (nSPS) is 10.8. The van der Waals surface area contributed by atoms with E-state index in [9.17, 15) is 4.79 Å². The maximum atomic E-state index is 10.5. The number of nitrogens with zero attached hydrogens (tertiary/aromatic N) is 1. The van der Waals surface area contributed by atoms with Crippen molar-refractivity contribution in [2.45, 2.75) is 0 Å². The van der Waals surface area contributed by atoms with Gasteiger partial charge in [0, 0.05) is 12.6 Å². The summed E-state index contributed by atoms with van der Waals surface area (Å²) in [6.07, 6.45) is 3.14. The molecule has 0 aliphatic carbocycles. The first-order chi connectivity index (χ1) is 4.66. The summed E-state index contributed by atoms with van der Waals surface area (Å²) in [6.45, 7) is 0.743. The molecule has 0 bridgehead atoms. The lowest BCUT2D eigenvalue weighted by Gasteiger charge is -2.02. The molecule has 0 aromatic heterocycles. The first-order valence-electron chi connectivity index (χ1n) is 2.98. The van der Waals surface area contributed by atoms with Gasteiger partial charge in [-0.25, -0.2) is 0 Å². The van der Waals surface area contributed by atoms with Gasteiger partial charge in [0.15, 0.2) is 0 Å². The van der Waals surface area contributed by atoms with E-state index >= 15 is 0 Å². The molecule has 0 aliphatic heterocycles. The summed E-state index contributed by atoms with van der Waals surface area (Å²) in [6, 6.07) is 0. The number of rotatable bonds is 3. The molecule has 1 N–H and O–H groups in total. The summed E-state index contributed by atoms with van der Waals surface area (Å²) in [7, 11) is 8.67. The molecule has 0 aromatic rings. The van der Waals surface area contributed by atoms with E-state index in [4.69, 9.17) is 7.05 Å². The second-order valence-electron chi connectivity index (χ2n) is 2.17. The highest BCUT2D eigenvalue weighted by molar-refractivity contribution is 5.87. The zero-order chi connectivity index (χ0) is 7.98. The SMILES string of the molecule is [CH]NC(=O)/C=C/CN(C)C. The van der Waals surface area contributed by atoms with Gasteiger partial charge in [-0.3, -0.25) is 4.79 Å². The number of carbonyl (C=O) groups is 1. The van der Waals surface area contributed by atoms with E-state index in [1.165, 1.54) is 6.08 Å². The third-order valence-electron chi connectivity index (χ3n) is 0.882. The van der Waals surface area contributed by atoms with E-state index in [0.29, 0.717) is 0 Å². The van der Waals surface area contributed by atoms with Gasteiger partial charge in [-0.05, 0) is 14.1 Å². The molecule has 0 spiro atoms. The Morgan fingerprint density at radius 1 is 1.70 bits per heavy atom. The fraction of sp³-hybridized carbons (Fsp3) is 0.429. The third kappa shape index (κ3) is 5.31. The highest BCUT2D eigenvalue weighted by atomic mass is 16.1. The van der Waals surface area contributed by atoms with Crippen LogP contribution in [0.2, 0.25) is 0 Å². The van der Waals surface area contributed by atoms with Crippen LogP contribution in [0.15, 0.2) is 12.2 Å². The van der Waals surface area contributed by atoms with Gasteiger partial charge < -0.3 is 10.2 Å². The summed E-state index contributed by atoms with van der Waals surface area (Å²) in [5, 5.41) is 1.99. The molecule has 1 amide bonds. The molecule has 10 heavy (non-hydrogen) atoms. The summed E-state index contributed by atoms with van der Waals surface area (Å²) >= 11 is 0. The Hall–Kier alpha value is -0.830. The molecule has 0 rings (SSSR count). The van der Waals surface area contributed by atoms with Crippen LogP contribution in [0.25, 0.3) is 0 Å². The van der Waals surface area contributed by atoms with Crippen molar-refractivity contribution in [2.24, 2.45) is 0 Å². The number of hydrogen-bond donors (Lipinski definition) is 1. The van der Waals surface area contributed by atoms with Gasteiger partial charge in [0.25, 0.3) is 0 Å². The van der Waals surface area contributed by atoms with Gasteiger partial charge in [0.1, 0.15) is 0 Å². The molecule has 3 heteroatoms. The molecule has 0 saturated carbocycles. The fourth-order valence-electron chi connectivity index (χ4n) is 0.419. The molecule has 3 nitrogen and oxygen atoms in total. The van der Waals surface area contributed by atoms with E-state index in [0.717, 1.165) is 6.54 Å². The van der Waals surface area contributed by atoms with Crippen molar-refractivity contribution in [3.05, 3.63) is 19.2 Å². The van der Waals surface area contributed by atoms with Gasteiger partial charge in [0.05, 0.1) is 7.05 Å². The number of amides is 1. The average Bonchev–Trinajstić information content (AvgIpc) is 1.87. The van der Waals surface area contributed by atoms with Crippen LogP contribution in [0.4, 0.5) is 0 Å². The standard InChI is InChI=1S/C7H12N2O/c1-8-7(10)5-4-6-9(2)3/h1,4-5H,6H2,2-3H3,(H,8,10)/b5-4+. The van der Waals surface area contributed by atoms with Crippen LogP contribution in [0.1, 0.15) is 0 Å². The predicted octanol–water partition coefficient (Wildman–Crippen LogP) is -0.111. The van der Waals surface area contributed by atoms with Crippen molar-refractivity contribution in [3.63, 3.8) is 0 Å². The quantitative estimate of drug-likeness (QED) is 0.438. The molecule has 0 atom stereocenters. The molecule has 0 fully saturated rings. The number of carbonyl (C=O) groups excluding carboxylic acids is 1. The molecule has 0 saturated heterocycles. The zero-order valence-electron chi connectivity index (χ0n) is 6.29. The summed E-state index contributed by atoms with van der Waals surface area (Å²) in [5.74, 6) is -0.276. The van der Waals surface area contributed by atoms with Gasteiger partial charge in [-0.15, -0.1) is 0 Å². The van der Waals surface area contributed by atoms with Crippen molar-refractivity contribution >= 4 is 5.91 Å². The smallest absolute Gasteiger partial charge is 0.244 e. The maximum absolute atomic E-state index is 10.5. The minimum atomic E-state index is -0.276. The summed E-state index contributed by atoms with van der Waals surface area (Å²) in [4.78, 5) is 12.4. The minimum absolute atomic E-state index is 0.276. The number of hydrogen-bond acceptors (Lipinski definition) is 2. The van der Waals surface area contributed by atoms with Crippen LogP contribution in [0.3, 0.4) is 0 Å². The van der Waals surface area contributed by atoms with Crippen molar-refractivity contribution in [3.8, 4) is 0 Å². The van der Waals surface area contributed by atoms with Crippen LogP contribution >= 0.6 is 0 Å². The zero-order valence-corrected chi connectivity index (χ0v) is 6.29. The fourth-order valence-corrected chi connectivity index (χ4v) is 0.419. The van der Waals surface area contributed by atoms with Gasteiger partial charge >= 0.3 is 0 Å². The largest absolute Gasteiger partial charge is 0.346 e. The molecule has 0 aromatic carbocycles. The molecule has 0 aliphatic rings. The van der Waals surface area contributed by atoms with E-state index < -0.39 is 0 Å². The van der Waals surface area contributed by atoms with Crippen LogP contribution in [-0.2, 0) is 4.79 Å². The molecule has 0 heterocycles. The number of nitrogens with one attached hydrogen (secondary N) is 1. The van der Waals surface area contributed by atoms with E-state index in [1.54, 1.807) is 6.08 Å². The van der Waals surface area contributed by atoms with Crippen LogP contribution in [0, 0.1) is 7.05 Å².